The summed E-state index contributed by atoms with van der Waals surface area (Å²) >= 11 is 0. The predicted octanol–water partition coefficient (Wildman–Crippen LogP) is 0.714. The molecule has 6 heteroatoms. The fourth-order valence-electron chi connectivity index (χ4n) is 1.41. The lowest BCUT2D eigenvalue weighted by Crippen LogP contribution is -2.52. The molecule has 1 aromatic rings. The average molecular weight is 247 g/mol. The molecule has 1 heterocycles. The van der Waals surface area contributed by atoms with Gasteiger partial charge in [0.25, 0.3) is 10.1 Å². The first-order chi connectivity index (χ1) is 7.00. The van der Waals surface area contributed by atoms with E-state index in [9.17, 15) is 13.0 Å². The lowest BCUT2D eigenvalue weighted by atomic mass is 9.89. The third-order valence-electron chi connectivity index (χ3n) is 3.53. The third kappa shape index (κ3) is 1.87. The molecule has 92 valence electrons. The van der Waals surface area contributed by atoms with Crippen LogP contribution in [0.4, 0.5) is 0 Å². The summed E-state index contributed by atoms with van der Waals surface area (Å²) in [6.07, 6.45) is 5.39. The van der Waals surface area contributed by atoms with Gasteiger partial charge >= 0.3 is 0 Å². The summed E-state index contributed by atoms with van der Waals surface area (Å²) in [7, 11) is -2.27. The van der Waals surface area contributed by atoms with E-state index < -0.39 is 20.4 Å². The van der Waals surface area contributed by atoms with Crippen molar-refractivity contribution in [2.45, 2.75) is 38.0 Å². The van der Waals surface area contributed by atoms with Crippen LogP contribution in [0.5, 0.6) is 0 Å². The van der Waals surface area contributed by atoms with Crippen molar-refractivity contribution < 1.29 is 17.5 Å². The van der Waals surface area contributed by atoms with E-state index in [2.05, 4.69) is 0 Å². The maximum absolute atomic E-state index is 11.4. The normalized spacial score (nSPS) is 14.1. The molecular weight excluding hydrogens is 228 g/mol. The molecule has 1 rings (SSSR count). The molecule has 5 nitrogen and oxygen atoms in total. The van der Waals surface area contributed by atoms with E-state index in [0.717, 1.165) is 0 Å². The molecule has 16 heavy (non-hydrogen) atoms. The minimum absolute atomic E-state index is 0.748. The Bertz CT molecular complexity index is 486. The molecule has 0 amide bonds. The van der Waals surface area contributed by atoms with E-state index in [0.29, 0.717) is 0 Å². The van der Waals surface area contributed by atoms with Gasteiger partial charge in [0, 0.05) is 0 Å². The predicted molar refractivity (Wildman–Crippen MR) is 60.6 cm³/mol. The van der Waals surface area contributed by atoms with Crippen molar-refractivity contribution in [3.8, 4) is 0 Å². The number of hydrogen-bond acceptors (Lipinski definition) is 2. The molecule has 0 fully saturated rings. The van der Waals surface area contributed by atoms with Crippen molar-refractivity contribution in [3.05, 3.63) is 18.7 Å². The van der Waals surface area contributed by atoms with Crippen molar-refractivity contribution in [1.82, 2.24) is 4.57 Å². The summed E-state index contributed by atoms with van der Waals surface area (Å²) in [6.45, 7) is 6.59. The topological polar surface area (TPSA) is 63.2 Å². The summed E-state index contributed by atoms with van der Waals surface area (Å²) < 4.78 is 34.5. The molecule has 0 bridgehead atoms. The molecule has 0 atom stereocenters. The van der Waals surface area contributed by atoms with Crippen LogP contribution >= 0.6 is 0 Å². The van der Waals surface area contributed by atoms with Crippen LogP contribution in [0.3, 0.4) is 0 Å². The zero-order valence-electron chi connectivity index (χ0n) is 10.3. The highest BCUT2D eigenvalue weighted by atomic mass is 32.2. The molecule has 1 aromatic heterocycles. The summed E-state index contributed by atoms with van der Waals surface area (Å²) in [5, 5.41) is 0. The molecule has 0 aliphatic carbocycles. The molecule has 0 aliphatic rings. The van der Waals surface area contributed by atoms with Gasteiger partial charge in [0.2, 0.25) is 6.33 Å². The lowest BCUT2D eigenvalue weighted by Gasteiger charge is -2.35. The SMILES string of the molecule is C[n+]1ccn(C(C)(C)C(C)(C)S(=O)(=O)O)c1. The van der Waals surface area contributed by atoms with Gasteiger partial charge in [0.1, 0.15) is 22.7 Å². The van der Waals surface area contributed by atoms with Crippen LogP contribution in [0, 0.1) is 0 Å². The Morgan fingerprint density at radius 1 is 1.25 bits per heavy atom. The third-order valence-corrected chi connectivity index (χ3v) is 5.32. The van der Waals surface area contributed by atoms with E-state index in [-0.39, 0.29) is 0 Å². The first-order valence-electron chi connectivity index (χ1n) is 5.01. The van der Waals surface area contributed by atoms with E-state index >= 15 is 0 Å². The second kappa shape index (κ2) is 3.56. The Balaban J connectivity index is 3.32. The molecule has 0 aliphatic heterocycles. The zero-order valence-corrected chi connectivity index (χ0v) is 11.1. The van der Waals surface area contributed by atoms with Gasteiger partial charge in [-0.3, -0.25) is 4.55 Å². The van der Waals surface area contributed by atoms with Crippen LogP contribution in [-0.2, 0) is 22.7 Å². The van der Waals surface area contributed by atoms with Crippen LogP contribution in [0.25, 0.3) is 0 Å². The maximum atomic E-state index is 11.4. The molecule has 0 saturated heterocycles. The van der Waals surface area contributed by atoms with Crippen LogP contribution in [0.2, 0.25) is 0 Å². The van der Waals surface area contributed by atoms with Crippen LogP contribution in [0.15, 0.2) is 18.7 Å². The van der Waals surface area contributed by atoms with Crippen molar-refractivity contribution in [1.29, 1.82) is 0 Å². The number of aryl methyl sites for hydroxylation is 1. The van der Waals surface area contributed by atoms with Crippen molar-refractivity contribution in [3.63, 3.8) is 0 Å². The lowest BCUT2D eigenvalue weighted by molar-refractivity contribution is -0.671. The second-order valence-corrected chi connectivity index (χ2v) is 7.00. The van der Waals surface area contributed by atoms with Crippen LogP contribution < -0.4 is 4.57 Å². The summed E-state index contributed by atoms with van der Waals surface area (Å²) in [5.41, 5.74) is -0.748. The number of hydrogen-bond donors (Lipinski definition) is 1. The largest absolute Gasteiger partial charge is 0.285 e. The minimum atomic E-state index is -4.13. The van der Waals surface area contributed by atoms with Crippen molar-refractivity contribution in [2.75, 3.05) is 0 Å². The summed E-state index contributed by atoms with van der Waals surface area (Å²) in [6, 6.07) is 0. The maximum Gasteiger partial charge on any atom is 0.274 e. The van der Waals surface area contributed by atoms with E-state index in [4.69, 9.17) is 0 Å². The number of aromatic nitrogens is 2. The van der Waals surface area contributed by atoms with E-state index in [1.165, 1.54) is 13.8 Å². The second-order valence-electron chi connectivity index (χ2n) is 5.03. The van der Waals surface area contributed by atoms with Gasteiger partial charge in [-0.05, 0) is 27.7 Å². The van der Waals surface area contributed by atoms with Crippen LogP contribution in [0.1, 0.15) is 27.7 Å². The first-order valence-corrected chi connectivity index (χ1v) is 6.45. The number of nitrogens with zero attached hydrogens (tertiary/aromatic N) is 2. The molecule has 0 saturated carbocycles. The zero-order chi connectivity index (χ0) is 12.8. The monoisotopic (exact) mass is 247 g/mol. The van der Waals surface area contributed by atoms with Gasteiger partial charge in [-0.25, -0.2) is 9.13 Å². The van der Waals surface area contributed by atoms with E-state index in [1.54, 1.807) is 30.9 Å². The molecule has 1 N–H and O–H groups in total. The van der Waals surface area contributed by atoms with E-state index in [1.807, 2.05) is 17.8 Å². The Kier molecular flexibility index (Phi) is 2.94. The highest BCUT2D eigenvalue weighted by Gasteiger charge is 2.51. The van der Waals surface area contributed by atoms with Crippen molar-refractivity contribution >= 4 is 10.1 Å². The summed E-state index contributed by atoms with van der Waals surface area (Å²) in [5.74, 6) is 0. The Labute approximate surface area is 96.5 Å². The number of rotatable bonds is 3. The molecular formula is C10H19N2O3S+. The molecule has 0 spiro atoms. The molecule has 0 aromatic carbocycles. The van der Waals surface area contributed by atoms with Gasteiger partial charge in [-0.1, -0.05) is 0 Å². The van der Waals surface area contributed by atoms with Gasteiger partial charge in [0.15, 0.2) is 0 Å². The number of imidazole rings is 1. The van der Waals surface area contributed by atoms with Gasteiger partial charge < -0.3 is 0 Å². The van der Waals surface area contributed by atoms with Crippen molar-refractivity contribution in [2.24, 2.45) is 7.05 Å². The standard InChI is InChI=1S/C10H18N2O3S/c1-9(2,10(3,4)16(13,14)15)12-7-6-11(5)8-12/h6-8H,1-5H3/p+1. The Morgan fingerprint density at radius 2 is 1.75 bits per heavy atom. The fourth-order valence-corrected chi connectivity index (χ4v) is 2.14. The fraction of sp³-hybridized carbons (Fsp3) is 0.700. The van der Waals surface area contributed by atoms with Gasteiger partial charge in [-0.2, -0.15) is 8.42 Å². The first kappa shape index (κ1) is 13.2. The van der Waals surface area contributed by atoms with Gasteiger partial charge in [0.05, 0.1) is 7.05 Å². The molecule has 0 unspecified atom stereocenters. The van der Waals surface area contributed by atoms with Gasteiger partial charge in [-0.15, -0.1) is 0 Å². The molecule has 0 radical (unpaired) electrons. The summed E-state index contributed by atoms with van der Waals surface area (Å²) in [4.78, 5) is 0. The van der Waals surface area contributed by atoms with Crippen LogP contribution in [-0.4, -0.2) is 22.3 Å². The quantitative estimate of drug-likeness (QED) is 0.632. The minimum Gasteiger partial charge on any atom is -0.285 e. The highest BCUT2D eigenvalue weighted by molar-refractivity contribution is 7.87. The Morgan fingerprint density at radius 3 is 2.06 bits per heavy atom. The highest BCUT2D eigenvalue weighted by Crippen LogP contribution is 2.34. The Hall–Kier alpha value is -0.880. The average Bonchev–Trinajstić information content (AvgIpc) is 2.49. The smallest absolute Gasteiger partial charge is 0.274 e.